The molecule has 1 rings (SSSR count). The quantitative estimate of drug-likeness (QED) is 0.692. The normalized spacial score (nSPS) is 10.5. The highest BCUT2D eigenvalue weighted by Gasteiger charge is 2.12. The number of thiazole rings is 1. The molecular formula is C10H19N3O2S. The zero-order valence-electron chi connectivity index (χ0n) is 9.99. The van der Waals surface area contributed by atoms with E-state index >= 15 is 0 Å². The lowest BCUT2D eigenvalue weighted by Gasteiger charge is -2.05. The van der Waals surface area contributed by atoms with E-state index in [0.29, 0.717) is 5.88 Å². The molecule has 0 amide bonds. The molecule has 0 aliphatic carbocycles. The van der Waals surface area contributed by atoms with Gasteiger partial charge in [0.1, 0.15) is 0 Å². The molecule has 0 radical (unpaired) electrons. The van der Waals surface area contributed by atoms with Gasteiger partial charge >= 0.3 is 0 Å². The average Bonchev–Trinajstić information content (AvgIpc) is 2.68. The second-order valence-electron chi connectivity index (χ2n) is 3.58. The lowest BCUT2D eigenvalue weighted by molar-refractivity contribution is 0.286. The van der Waals surface area contributed by atoms with Crippen molar-refractivity contribution in [3.05, 3.63) is 4.88 Å². The molecule has 0 aliphatic rings. The predicted molar refractivity (Wildman–Crippen MR) is 66.4 cm³/mol. The van der Waals surface area contributed by atoms with Gasteiger partial charge in [-0.15, -0.1) is 0 Å². The molecule has 0 saturated heterocycles. The Morgan fingerprint density at radius 2 is 2.25 bits per heavy atom. The highest BCUT2D eigenvalue weighted by atomic mass is 32.1. The topological polar surface area (TPSA) is 57.6 Å². The maximum atomic E-state index is 8.66. The third-order valence-electron chi connectivity index (χ3n) is 2.02. The van der Waals surface area contributed by atoms with Crippen molar-refractivity contribution in [3.63, 3.8) is 0 Å². The van der Waals surface area contributed by atoms with Crippen molar-refractivity contribution >= 4 is 16.5 Å². The van der Waals surface area contributed by atoms with Gasteiger partial charge in [0.25, 0.3) is 0 Å². The Bertz CT molecular complexity index is 315. The summed E-state index contributed by atoms with van der Waals surface area (Å²) in [5.41, 5.74) is 0. The number of nitrogens with zero attached hydrogens (tertiary/aromatic N) is 2. The summed E-state index contributed by atoms with van der Waals surface area (Å²) in [7, 11) is 5.55. The molecule has 5 nitrogen and oxygen atoms in total. The summed E-state index contributed by atoms with van der Waals surface area (Å²) in [6.07, 6.45) is 0.766. The average molecular weight is 245 g/mol. The molecule has 1 heterocycles. The van der Waals surface area contributed by atoms with Crippen LogP contribution in [-0.4, -0.2) is 44.4 Å². The number of ether oxygens (including phenoxy) is 1. The standard InChI is InChI=1S/C10H19N3O2S/c1-13(2)10-12-9(15-3)8(16-10)7-11-5-4-6-14/h11,14H,4-7H2,1-3H3. The van der Waals surface area contributed by atoms with E-state index in [1.165, 1.54) is 0 Å². The van der Waals surface area contributed by atoms with Crippen molar-refractivity contribution in [1.29, 1.82) is 0 Å². The molecule has 0 aromatic carbocycles. The molecule has 0 fully saturated rings. The highest BCUT2D eigenvalue weighted by molar-refractivity contribution is 7.15. The van der Waals surface area contributed by atoms with Gasteiger partial charge in [0.15, 0.2) is 5.13 Å². The zero-order valence-corrected chi connectivity index (χ0v) is 10.8. The van der Waals surface area contributed by atoms with Crippen LogP contribution in [-0.2, 0) is 6.54 Å². The van der Waals surface area contributed by atoms with Crippen LogP contribution >= 0.6 is 11.3 Å². The van der Waals surface area contributed by atoms with Crippen LogP contribution < -0.4 is 15.0 Å². The molecule has 0 saturated carbocycles. The minimum Gasteiger partial charge on any atom is -0.480 e. The fraction of sp³-hybridized carbons (Fsp3) is 0.700. The SMILES string of the molecule is COc1nc(N(C)C)sc1CNCCCO. The van der Waals surface area contributed by atoms with Crippen LogP contribution in [0.5, 0.6) is 5.88 Å². The Labute approximate surface area is 100 Å². The van der Waals surface area contributed by atoms with Crippen LogP contribution in [0.15, 0.2) is 0 Å². The second-order valence-corrected chi connectivity index (χ2v) is 4.64. The Hall–Kier alpha value is -0.850. The maximum Gasteiger partial charge on any atom is 0.230 e. The van der Waals surface area contributed by atoms with E-state index in [2.05, 4.69) is 10.3 Å². The summed E-state index contributed by atoms with van der Waals surface area (Å²) >= 11 is 1.62. The first-order valence-electron chi connectivity index (χ1n) is 5.21. The minimum atomic E-state index is 0.218. The smallest absolute Gasteiger partial charge is 0.230 e. The van der Waals surface area contributed by atoms with Gasteiger partial charge in [-0.25, -0.2) is 0 Å². The second kappa shape index (κ2) is 6.67. The zero-order chi connectivity index (χ0) is 12.0. The monoisotopic (exact) mass is 245 g/mol. The van der Waals surface area contributed by atoms with Crippen molar-refractivity contribution in [3.8, 4) is 5.88 Å². The van der Waals surface area contributed by atoms with Gasteiger partial charge in [-0.05, 0) is 13.0 Å². The van der Waals surface area contributed by atoms with Gasteiger partial charge in [0.05, 0.1) is 12.0 Å². The van der Waals surface area contributed by atoms with E-state index in [4.69, 9.17) is 9.84 Å². The number of aromatic nitrogens is 1. The van der Waals surface area contributed by atoms with Gasteiger partial charge < -0.3 is 20.1 Å². The van der Waals surface area contributed by atoms with E-state index in [1.54, 1.807) is 18.4 Å². The van der Waals surface area contributed by atoms with E-state index in [-0.39, 0.29) is 6.61 Å². The Balaban J connectivity index is 2.56. The molecule has 1 aromatic rings. The number of aliphatic hydroxyl groups is 1. The predicted octanol–water partition coefficient (Wildman–Crippen LogP) is 0.690. The van der Waals surface area contributed by atoms with Gasteiger partial charge in [-0.3, -0.25) is 0 Å². The van der Waals surface area contributed by atoms with Crippen molar-refractivity contribution in [2.45, 2.75) is 13.0 Å². The molecule has 0 aliphatic heterocycles. The summed E-state index contributed by atoms with van der Waals surface area (Å²) in [6.45, 7) is 1.75. The summed E-state index contributed by atoms with van der Waals surface area (Å²) < 4.78 is 5.22. The number of anilines is 1. The van der Waals surface area contributed by atoms with Crippen molar-refractivity contribution in [2.75, 3.05) is 39.3 Å². The number of aliphatic hydroxyl groups excluding tert-OH is 1. The van der Waals surface area contributed by atoms with Gasteiger partial charge in [0, 0.05) is 27.2 Å². The van der Waals surface area contributed by atoms with Crippen LogP contribution in [0, 0.1) is 0 Å². The van der Waals surface area contributed by atoms with Crippen LogP contribution in [0.1, 0.15) is 11.3 Å². The van der Waals surface area contributed by atoms with Crippen molar-refractivity contribution in [1.82, 2.24) is 10.3 Å². The lowest BCUT2D eigenvalue weighted by Crippen LogP contribution is -2.15. The molecule has 0 atom stereocenters. The largest absolute Gasteiger partial charge is 0.480 e. The molecule has 16 heavy (non-hydrogen) atoms. The summed E-state index contributed by atoms with van der Waals surface area (Å²) in [4.78, 5) is 7.41. The molecule has 2 N–H and O–H groups in total. The first-order valence-corrected chi connectivity index (χ1v) is 6.03. The minimum absolute atomic E-state index is 0.218. The van der Waals surface area contributed by atoms with E-state index < -0.39 is 0 Å². The van der Waals surface area contributed by atoms with Crippen molar-refractivity contribution in [2.24, 2.45) is 0 Å². The van der Waals surface area contributed by atoms with Crippen LogP contribution in [0.2, 0.25) is 0 Å². The molecule has 0 unspecified atom stereocenters. The van der Waals surface area contributed by atoms with Gasteiger partial charge in [-0.1, -0.05) is 11.3 Å². The van der Waals surface area contributed by atoms with Crippen LogP contribution in [0.25, 0.3) is 0 Å². The number of hydrogen-bond donors (Lipinski definition) is 2. The third-order valence-corrected chi connectivity index (χ3v) is 3.23. The van der Waals surface area contributed by atoms with Crippen LogP contribution in [0.4, 0.5) is 5.13 Å². The van der Waals surface area contributed by atoms with Crippen LogP contribution in [0.3, 0.4) is 0 Å². The Morgan fingerprint density at radius 3 is 2.81 bits per heavy atom. The lowest BCUT2D eigenvalue weighted by atomic mass is 10.4. The summed E-state index contributed by atoms with van der Waals surface area (Å²) in [5.74, 6) is 0.685. The van der Waals surface area contributed by atoms with E-state index in [0.717, 1.165) is 29.5 Å². The fourth-order valence-electron chi connectivity index (χ4n) is 1.19. The van der Waals surface area contributed by atoms with Gasteiger partial charge in [-0.2, -0.15) is 4.98 Å². The molecule has 1 aromatic heterocycles. The van der Waals surface area contributed by atoms with Gasteiger partial charge in [0.2, 0.25) is 5.88 Å². The summed E-state index contributed by atoms with van der Waals surface area (Å²) in [6, 6.07) is 0. The number of nitrogens with one attached hydrogen (secondary N) is 1. The molecule has 0 bridgehead atoms. The van der Waals surface area contributed by atoms with E-state index in [9.17, 15) is 0 Å². The highest BCUT2D eigenvalue weighted by Crippen LogP contribution is 2.29. The molecule has 6 heteroatoms. The molecule has 92 valence electrons. The number of rotatable bonds is 7. The van der Waals surface area contributed by atoms with Crippen molar-refractivity contribution < 1.29 is 9.84 Å². The number of methoxy groups -OCH3 is 1. The Morgan fingerprint density at radius 1 is 1.50 bits per heavy atom. The maximum absolute atomic E-state index is 8.66. The Kier molecular flexibility index (Phi) is 5.51. The summed E-state index contributed by atoms with van der Waals surface area (Å²) in [5, 5.41) is 12.8. The first kappa shape index (κ1) is 13.2. The van der Waals surface area contributed by atoms with E-state index in [1.807, 2.05) is 19.0 Å². The number of hydrogen-bond acceptors (Lipinski definition) is 6. The fourth-order valence-corrected chi connectivity index (χ4v) is 2.12. The third kappa shape index (κ3) is 3.62. The molecule has 0 spiro atoms. The molecular weight excluding hydrogens is 226 g/mol. The first-order chi connectivity index (χ1) is 7.69.